The maximum atomic E-state index is 12.5. The molecule has 150 valence electrons. The van der Waals surface area contributed by atoms with Crippen molar-refractivity contribution in [2.45, 2.75) is 19.0 Å². The highest BCUT2D eigenvalue weighted by Gasteiger charge is 2.25. The largest absolute Gasteiger partial charge is 0.450 e. The minimum atomic E-state index is -0.330. The summed E-state index contributed by atoms with van der Waals surface area (Å²) in [4.78, 5) is 27.6. The van der Waals surface area contributed by atoms with Gasteiger partial charge in [-0.25, -0.2) is 9.47 Å². The predicted molar refractivity (Wildman–Crippen MR) is 106 cm³/mol. The maximum absolute atomic E-state index is 12.5. The summed E-state index contributed by atoms with van der Waals surface area (Å²) < 4.78 is 6.41. The second-order valence-electron chi connectivity index (χ2n) is 6.35. The molecule has 2 amide bonds. The zero-order chi connectivity index (χ0) is 20.1. The van der Waals surface area contributed by atoms with Crippen molar-refractivity contribution in [3.05, 3.63) is 29.8 Å². The van der Waals surface area contributed by atoms with Crippen molar-refractivity contribution in [2.75, 3.05) is 44.4 Å². The molecule has 10 heteroatoms. The van der Waals surface area contributed by atoms with Crippen molar-refractivity contribution in [1.82, 2.24) is 24.7 Å². The molecule has 1 aliphatic rings. The Balaban J connectivity index is 1.55. The summed E-state index contributed by atoms with van der Waals surface area (Å²) in [6.07, 6.45) is -0.330. The summed E-state index contributed by atoms with van der Waals surface area (Å²) in [5.74, 6) is 6.89. The Morgan fingerprint density at radius 3 is 2.50 bits per heavy atom. The second kappa shape index (κ2) is 8.96. The van der Waals surface area contributed by atoms with E-state index in [9.17, 15) is 9.59 Å². The summed E-state index contributed by atoms with van der Waals surface area (Å²) in [5.41, 5.74) is 1.96. The van der Waals surface area contributed by atoms with Crippen LogP contribution in [0.5, 0.6) is 0 Å². The molecule has 2 N–H and O–H groups in total. The lowest BCUT2D eigenvalue weighted by Crippen LogP contribution is -2.51. The highest BCUT2D eigenvalue weighted by atomic mass is 32.2. The van der Waals surface area contributed by atoms with Gasteiger partial charge in [-0.05, 0) is 19.4 Å². The number of nitrogens with two attached hydrogens (primary N) is 1. The van der Waals surface area contributed by atoms with E-state index < -0.39 is 0 Å². The number of amides is 2. The van der Waals surface area contributed by atoms with Gasteiger partial charge in [0.1, 0.15) is 0 Å². The first-order chi connectivity index (χ1) is 13.5. The Labute approximate surface area is 167 Å². The lowest BCUT2D eigenvalue weighted by atomic mass is 10.1. The Kier molecular flexibility index (Phi) is 6.40. The number of hydrogen-bond donors (Lipinski definition) is 1. The molecule has 1 aromatic heterocycles. The van der Waals surface area contributed by atoms with E-state index in [-0.39, 0.29) is 17.8 Å². The fourth-order valence-electron chi connectivity index (χ4n) is 2.95. The van der Waals surface area contributed by atoms with Crippen LogP contribution in [0.3, 0.4) is 0 Å². The van der Waals surface area contributed by atoms with Gasteiger partial charge in [-0.1, -0.05) is 36.0 Å². The van der Waals surface area contributed by atoms with Gasteiger partial charge in [-0.2, -0.15) is 0 Å². The van der Waals surface area contributed by atoms with Gasteiger partial charge in [0.15, 0.2) is 5.82 Å². The third kappa shape index (κ3) is 4.38. The normalized spacial score (nSPS) is 14.2. The van der Waals surface area contributed by atoms with Gasteiger partial charge in [0, 0.05) is 31.7 Å². The van der Waals surface area contributed by atoms with E-state index in [2.05, 4.69) is 10.2 Å². The van der Waals surface area contributed by atoms with Gasteiger partial charge < -0.3 is 20.4 Å². The minimum absolute atomic E-state index is 0.0195. The number of aromatic nitrogens is 3. The molecule has 1 aliphatic heterocycles. The second-order valence-corrected chi connectivity index (χ2v) is 7.29. The Hall–Kier alpha value is -2.75. The van der Waals surface area contributed by atoms with Crippen molar-refractivity contribution in [1.29, 1.82) is 0 Å². The first-order valence-corrected chi connectivity index (χ1v) is 10.1. The van der Waals surface area contributed by atoms with Gasteiger partial charge in [-0.15, -0.1) is 10.2 Å². The molecule has 0 atom stereocenters. The maximum Gasteiger partial charge on any atom is 0.409 e. The molecular formula is C18H24N6O3S. The minimum Gasteiger partial charge on any atom is -0.450 e. The van der Waals surface area contributed by atoms with Gasteiger partial charge >= 0.3 is 6.09 Å². The number of carbonyl (C=O) groups excluding carboxylic acids is 2. The number of benzene rings is 1. The molecule has 1 fully saturated rings. The number of piperazine rings is 1. The standard InChI is InChI=1S/C18H24N6O3S/c1-3-27-18(26)23-10-8-22(9-11-23)15(25)12-28-17-21-20-16(24(17)19)14-7-5-4-6-13(14)2/h4-7H,3,8-12,19H2,1-2H3. The molecule has 2 heterocycles. The first-order valence-electron chi connectivity index (χ1n) is 9.10. The van der Waals surface area contributed by atoms with E-state index in [4.69, 9.17) is 10.6 Å². The zero-order valence-corrected chi connectivity index (χ0v) is 16.8. The highest BCUT2D eigenvalue weighted by molar-refractivity contribution is 7.99. The lowest BCUT2D eigenvalue weighted by molar-refractivity contribution is -0.129. The molecule has 28 heavy (non-hydrogen) atoms. The third-order valence-corrected chi connectivity index (χ3v) is 5.46. The van der Waals surface area contributed by atoms with Crippen molar-refractivity contribution >= 4 is 23.8 Å². The van der Waals surface area contributed by atoms with Crippen LogP contribution in [0.2, 0.25) is 0 Å². The van der Waals surface area contributed by atoms with E-state index in [1.165, 1.54) is 16.4 Å². The topological polar surface area (TPSA) is 107 Å². The molecule has 1 aromatic carbocycles. The van der Waals surface area contributed by atoms with Crippen LogP contribution in [0.25, 0.3) is 11.4 Å². The van der Waals surface area contributed by atoms with E-state index in [0.717, 1.165) is 11.1 Å². The number of thioether (sulfide) groups is 1. The van der Waals surface area contributed by atoms with Gasteiger partial charge in [0.2, 0.25) is 11.1 Å². The summed E-state index contributed by atoms with van der Waals surface area (Å²) in [6, 6.07) is 7.79. The number of nitrogens with zero attached hydrogens (tertiary/aromatic N) is 5. The van der Waals surface area contributed by atoms with Crippen LogP contribution in [0.1, 0.15) is 12.5 Å². The Bertz CT molecular complexity index is 848. The quantitative estimate of drug-likeness (QED) is 0.592. The lowest BCUT2D eigenvalue weighted by Gasteiger charge is -2.34. The molecule has 1 saturated heterocycles. The van der Waals surface area contributed by atoms with Crippen LogP contribution in [-0.2, 0) is 9.53 Å². The molecule has 0 aliphatic carbocycles. The monoisotopic (exact) mass is 404 g/mol. The van der Waals surface area contributed by atoms with E-state index in [1.54, 1.807) is 16.7 Å². The molecular weight excluding hydrogens is 380 g/mol. The number of carbonyl (C=O) groups is 2. The zero-order valence-electron chi connectivity index (χ0n) is 16.0. The van der Waals surface area contributed by atoms with Crippen molar-refractivity contribution in [3.63, 3.8) is 0 Å². The summed E-state index contributed by atoms with van der Waals surface area (Å²) in [6.45, 7) is 6.02. The van der Waals surface area contributed by atoms with Crippen LogP contribution >= 0.6 is 11.8 Å². The number of rotatable bonds is 5. The number of nitrogen functional groups attached to an aromatic ring is 1. The fraction of sp³-hybridized carbons (Fsp3) is 0.444. The van der Waals surface area contributed by atoms with E-state index >= 15 is 0 Å². The van der Waals surface area contributed by atoms with Crippen LogP contribution < -0.4 is 5.84 Å². The summed E-state index contributed by atoms with van der Waals surface area (Å²) in [7, 11) is 0. The summed E-state index contributed by atoms with van der Waals surface area (Å²) >= 11 is 1.25. The van der Waals surface area contributed by atoms with Crippen molar-refractivity contribution < 1.29 is 14.3 Å². The highest BCUT2D eigenvalue weighted by Crippen LogP contribution is 2.24. The number of aryl methyl sites for hydroxylation is 1. The molecule has 0 bridgehead atoms. The third-order valence-electron chi connectivity index (χ3n) is 4.53. The molecule has 0 unspecified atom stereocenters. The molecule has 2 aromatic rings. The Morgan fingerprint density at radius 2 is 1.82 bits per heavy atom. The predicted octanol–water partition coefficient (Wildman–Crippen LogP) is 1.36. The van der Waals surface area contributed by atoms with Crippen LogP contribution in [0.4, 0.5) is 4.79 Å². The number of ether oxygens (including phenoxy) is 1. The first kappa shape index (κ1) is 20.0. The average Bonchev–Trinajstić information content (AvgIpc) is 3.07. The van der Waals surface area contributed by atoms with Crippen LogP contribution in [0, 0.1) is 6.92 Å². The van der Waals surface area contributed by atoms with Gasteiger partial charge in [0.05, 0.1) is 12.4 Å². The van der Waals surface area contributed by atoms with E-state index in [1.807, 2.05) is 31.2 Å². The molecule has 0 spiro atoms. The molecule has 9 nitrogen and oxygen atoms in total. The fourth-order valence-corrected chi connectivity index (χ4v) is 3.71. The molecule has 0 saturated carbocycles. The van der Waals surface area contributed by atoms with Gasteiger partial charge in [0.25, 0.3) is 0 Å². The summed E-state index contributed by atoms with van der Waals surface area (Å²) in [5, 5.41) is 8.77. The molecule has 3 rings (SSSR count). The average molecular weight is 404 g/mol. The van der Waals surface area contributed by atoms with E-state index in [0.29, 0.717) is 43.8 Å². The van der Waals surface area contributed by atoms with Crippen LogP contribution in [-0.4, -0.2) is 75.2 Å². The Morgan fingerprint density at radius 1 is 1.14 bits per heavy atom. The van der Waals surface area contributed by atoms with Crippen LogP contribution in [0.15, 0.2) is 29.4 Å². The number of hydrogen-bond acceptors (Lipinski definition) is 7. The van der Waals surface area contributed by atoms with Gasteiger partial charge in [-0.3, -0.25) is 4.79 Å². The SMILES string of the molecule is CCOC(=O)N1CCN(C(=O)CSc2nnc(-c3ccccc3C)n2N)CC1. The van der Waals surface area contributed by atoms with Crippen molar-refractivity contribution in [2.24, 2.45) is 0 Å². The van der Waals surface area contributed by atoms with Crippen molar-refractivity contribution in [3.8, 4) is 11.4 Å². The molecule has 0 radical (unpaired) electrons. The smallest absolute Gasteiger partial charge is 0.409 e.